The molecule has 0 bridgehead atoms. The van der Waals surface area contributed by atoms with E-state index in [1.54, 1.807) is 0 Å². The molecule has 0 aromatic carbocycles. The standard InChI is InChI=1S/C15H22Cl2N2O5/c16-5-9-23-14(21)12-4-2-7-18(12)13(20)11-3-1-8-19(11)15(22)24-10-6-17/h11-12H,1-10H2. The molecule has 0 saturated carbocycles. The van der Waals surface area contributed by atoms with Crippen molar-refractivity contribution in [1.29, 1.82) is 0 Å². The van der Waals surface area contributed by atoms with Crippen LogP contribution in [0.4, 0.5) is 4.79 Å². The number of halogens is 2. The van der Waals surface area contributed by atoms with Crippen LogP contribution in [0.2, 0.25) is 0 Å². The van der Waals surface area contributed by atoms with Crippen LogP contribution in [0.5, 0.6) is 0 Å². The minimum absolute atomic E-state index is 0.106. The van der Waals surface area contributed by atoms with Crippen molar-refractivity contribution in [2.75, 3.05) is 38.1 Å². The van der Waals surface area contributed by atoms with E-state index in [9.17, 15) is 14.4 Å². The summed E-state index contributed by atoms with van der Waals surface area (Å²) in [5.41, 5.74) is 0. The van der Waals surface area contributed by atoms with Crippen molar-refractivity contribution in [3.63, 3.8) is 0 Å². The second-order valence-corrected chi connectivity index (χ2v) is 6.46. The van der Waals surface area contributed by atoms with E-state index in [1.165, 1.54) is 9.80 Å². The van der Waals surface area contributed by atoms with Gasteiger partial charge in [0, 0.05) is 13.1 Å². The third kappa shape index (κ3) is 4.45. The Hall–Kier alpha value is -1.21. The summed E-state index contributed by atoms with van der Waals surface area (Å²) in [4.78, 5) is 39.9. The van der Waals surface area contributed by atoms with Crippen LogP contribution in [-0.2, 0) is 19.1 Å². The van der Waals surface area contributed by atoms with Crippen molar-refractivity contribution in [3.8, 4) is 0 Å². The number of esters is 1. The highest BCUT2D eigenvalue weighted by Crippen LogP contribution is 2.26. The average Bonchev–Trinajstić information content (AvgIpc) is 3.25. The number of likely N-dealkylation sites (tertiary alicyclic amines) is 2. The van der Waals surface area contributed by atoms with Crippen LogP contribution in [0.25, 0.3) is 0 Å². The number of ether oxygens (including phenoxy) is 2. The predicted octanol–water partition coefficient (Wildman–Crippen LogP) is 1.60. The van der Waals surface area contributed by atoms with Crippen molar-refractivity contribution in [2.24, 2.45) is 0 Å². The molecule has 2 atom stereocenters. The number of rotatable bonds is 6. The molecule has 0 aliphatic carbocycles. The van der Waals surface area contributed by atoms with Crippen LogP contribution < -0.4 is 0 Å². The lowest BCUT2D eigenvalue weighted by atomic mass is 10.1. The van der Waals surface area contributed by atoms with Crippen LogP contribution in [0, 0.1) is 0 Å². The summed E-state index contributed by atoms with van der Waals surface area (Å²) in [7, 11) is 0. The number of carbonyl (C=O) groups is 3. The van der Waals surface area contributed by atoms with Gasteiger partial charge in [-0.2, -0.15) is 0 Å². The number of alkyl halides is 2. The molecule has 0 spiro atoms. The lowest BCUT2D eigenvalue weighted by Crippen LogP contribution is -2.51. The SMILES string of the molecule is O=C(OCCCl)C1CCCN1C(=O)C1CCCN1C(=O)OCCCl. The van der Waals surface area contributed by atoms with Gasteiger partial charge in [0.1, 0.15) is 25.3 Å². The molecule has 2 fully saturated rings. The van der Waals surface area contributed by atoms with Crippen molar-refractivity contribution >= 4 is 41.2 Å². The number of nitrogens with zero attached hydrogens (tertiary/aromatic N) is 2. The fourth-order valence-electron chi connectivity index (χ4n) is 3.15. The highest BCUT2D eigenvalue weighted by molar-refractivity contribution is 6.18. The molecular formula is C15H22Cl2N2O5. The summed E-state index contributed by atoms with van der Waals surface area (Å²) >= 11 is 11.0. The van der Waals surface area contributed by atoms with E-state index in [-0.39, 0.29) is 30.9 Å². The molecule has 2 heterocycles. The molecule has 2 rings (SSSR count). The van der Waals surface area contributed by atoms with E-state index in [2.05, 4.69) is 0 Å². The Bertz CT molecular complexity index is 437. The van der Waals surface area contributed by atoms with Gasteiger partial charge in [0.05, 0.1) is 11.8 Å². The maximum Gasteiger partial charge on any atom is 0.410 e. The second-order valence-electron chi connectivity index (χ2n) is 5.70. The van der Waals surface area contributed by atoms with Gasteiger partial charge in [-0.05, 0) is 25.7 Å². The molecule has 0 N–H and O–H groups in total. The number of hydrogen-bond acceptors (Lipinski definition) is 5. The molecule has 2 aliphatic heterocycles. The monoisotopic (exact) mass is 380 g/mol. The maximum atomic E-state index is 12.8. The molecule has 9 heteroatoms. The van der Waals surface area contributed by atoms with Gasteiger partial charge in [-0.1, -0.05) is 0 Å². The van der Waals surface area contributed by atoms with Crippen molar-refractivity contribution < 1.29 is 23.9 Å². The first kappa shape index (κ1) is 19.1. The number of hydrogen-bond donors (Lipinski definition) is 0. The molecule has 2 amide bonds. The molecule has 2 saturated heterocycles. The average molecular weight is 381 g/mol. The van der Waals surface area contributed by atoms with Crippen LogP contribution in [0.15, 0.2) is 0 Å². The van der Waals surface area contributed by atoms with E-state index in [0.29, 0.717) is 25.9 Å². The first-order chi connectivity index (χ1) is 11.6. The molecule has 0 radical (unpaired) electrons. The zero-order chi connectivity index (χ0) is 17.5. The lowest BCUT2D eigenvalue weighted by molar-refractivity contribution is -0.154. The first-order valence-electron chi connectivity index (χ1n) is 8.12. The largest absolute Gasteiger partial charge is 0.463 e. The molecule has 2 aliphatic rings. The quantitative estimate of drug-likeness (QED) is 0.516. The zero-order valence-electron chi connectivity index (χ0n) is 13.4. The molecule has 7 nitrogen and oxygen atoms in total. The molecule has 24 heavy (non-hydrogen) atoms. The lowest BCUT2D eigenvalue weighted by Gasteiger charge is -2.30. The Morgan fingerprint density at radius 3 is 2.12 bits per heavy atom. The summed E-state index contributed by atoms with van der Waals surface area (Å²) in [6, 6.07) is -1.18. The highest BCUT2D eigenvalue weighted by Gasteiger charge is 2.43. The number of carbonyl (C=O) groups excluding carboxylic acids is 3. The molecular weight excluding hydrogens is 359 g/mol. The van der Waals surface area contributed by atoms with E-state index >= 15 is 0 Å². The van der Waals surface area contributed by atoms with Crippen LogP contribution in [-0.4, -0.2) is 77.9 Å². The van der Waals surface area contributed by atoms with Gasteiger partial charge in [-0.3, -0.25) is 9.69 Å². The Kier molecular flexibility index (Phi) is 7.42. The number of amides is 2. The van der Waals surface area contributed by atoms with Crippen molar-refractivity contribution in [3.05, 3.63) is 0 Å². The van der Waals surface area contributed by atoms with E-state index in [1.807, 2.05) is 0 Å². The van der Waals surface area contributed by atoms with Gasteiger partial charge in [-0.25, -0.2) is 9.59 Å². The van der Waals surface area contributed by atoms with E-state index in [4.69, 9.17) is 32.7 Å². The van der Waals surface area contributed by atoms with Gasteiger partial charge in [-0.15, -0.1) is 23.2 Å². The second kappa shape index (κ2) is 9.32. The Labute approximate surface area is 151 Å². The Balaban J connectivity index is 2.00. The molecule has 2 unspecified atom stereocenters. The fourth-order valence-corrected chi connectivity index (χ4v) is 3.31. The molecule has 0 aromatic heterocycles. The summed E-state index contributed by atoms with van der Waals surface area (Å²) in [6.45, 7) is 1.18. The topological polar surface area (TPSA) is 76.2 Å². The van der Waals surface area contributed by atoms with Gasteiger partial charge in [0.2, 0.25) is 5.91 Å². The molecule has 0 aromatic rings. The van der Waals surface area contributed by atoms with E-state index in [0.717, 1.165) is 12.8 Å². The highest BCUT2D eigenvalue weighted by atomic mass is 35.5. The van der Waals surface area contributed by atoms with Crippen LogP contribution in [0.1, 0.15) is 25.7 Å². The van der Waals surface area contributed by atoms with Crippen LogP contribution >= 0.6 is 23.2 Å². The van der Waals surface area contributed by atoms with Crippen LogP contribution in [0.3, 0.4) is 0 Å². The van der Waals surface area contributed by atoms with E-state index < -0.39 is 24.1 Å². The molecule has 136 valence electrons. The first-order valence-corrected chi connectivity index (χ1v) is 9.19. The predicted molar refractivity (Wildman–Crippen MR) is 88.2 cm³/mol. The minimum Gasteiger partial charge on any atom is -0.463 e. The normalized spacial score (nSPS) is 23.4. The smallest absolute Gasteiger partial charge is 0.410 e. The Morgan fingerprint density at radius 2 is 1.46 bits per heavy atom. The van der Waals surface area contributed by atoms with Gasteiger partial charge < -0.3 is 14.4 Å². The van der Waals surface area contributed by atoms with Gasteiger partial charge in [0.25, 0.3) is 0 Å². The third-order valence-electron chi connectivity index (χ3n) is 4.20. The Morgan fingerprint density at radius 1 is 0.875 bits per heavy atom. The van der Waals surface area contributed by atoms with Gasteiger partial charge >= 0.3 is 12.1 Å². The van der Waals surface area contributed by atoms with Crippen molar-refractivity contribution in [2.45, 2.75) is 37.8 Å². The minimum atomic E-state index is -0.595. The zero-order valence-corrected chi connectivity index (χ0v) is 14.9. The summed E-state index contributed by atoms with van der Waals surface area (Å²) < 4.78 is 10.1. The maximum absolute atomic E-state index is 12.8. The summed E-state index contributed by atoms with van der Waals surface area (Å²) in [5.74, 6) is -0.231. The third-order valence-corrected chi connectivity index (χ3v) is 4.51. The summed E-state index contributed by atoms with van der Waals surface area (Å²) in [5, 5.41) is 0. The summed E-state index contributed by atoms with van der Waals surface area (Å²) in [6.07, 6.45) is 2.05. The van der Waals surface area contributed by atoms with Crippen molar-refractivity contribution in [1.82, 2.24) is 9.80 Å². The van der Waals surface area contributed by atoms with Gasteiger partial charge in [0.15, 0.2) is 0 Å². The fraction of sp³-hybridized carbons (Fsp3) is 0.800.